The lowest BCUT2D eigenvalue weighted by Crippen LogP contribution is -2.33. The number of aliphatic carboxylic acids is 1. The molecule has 0 radical (unpaired) electrons. The van der Waals surface area contributed by atoms with E-state index in [1.165, 1.54) is 0 Å². The Labute approximate surface area is 120 Å². The fraction of sp³-hybridized carbons (Fsp3) is 0.286. The largest absolute Gasteiger partial charge is 0.481 e. The van der Waals surface area contributed by atoms with Crippen molar-refractivity contribution >= 4 is 23.5 Å². The Bertz CT molecular complexity index is 576. The van der Waals surface area contributed by atoms with Crippen LogP contribution in [0.25, 0.3) is 0 Å². The maximum atomic E-state index is 12.0. The summed E-state index contributed by atoms with van der Waals surface area (Å²) < 4.78 is 5.12. The minimum absolute atomic E-state index is 0.0630. The van der Waals surface area contributed by atoms with E-state index in [2.05, 4.69) is 0 Å². The Kier molecular flexibility index (Phi) is 4.44. The van der Waals surface area contributed by atoms with Crippen molar-refractivity contribution < 1.29 is 24.2 Å². The Morgan fingerprint density at radius 2 is 1.76 bits per heavy atom. The Hall–Kier alpha value is -2.54. The molecule has 2 rings (SSSR count). The van der Waals surface area contributed by atoms with Crippen molar-refractivity contribution in [1.29, 1.82) is 5.41 Å². The molecular weight excluding hydrogens is 276 g/mol. The number of carboxylic acid groups (broad SMARTS) is 1. The zero-order valence-electron chi connectivity index (χ0n) is 11.2. The first kappa shape index (κ1) is 14.9. The minimum atomic E-state index is -1.09. The van der Waals surface area contributed by atoms with Crippen molar-refractivity contribution in [3.05, 3.63) is 35.4 Å². The number of carbonyl (C=O) groups excluding carboxylic acids is 2. The second-order valence-corrected chi connectivity index (χ2v) is 4.53. The van der Waals surface area contributed by atoms with E-state index in [1.54, 1.807) is 24.3 Å². The highest BCUT2D eigenvalue weighted by molar-refractivity contribution is 6.21. The molecule has 2 N–H and O–H groups in total. The molecule has 1 aromatic carbocycles. The van der Waals surface area contributed by atoms with Crippen LogP contribution < -0.4 is 0 Å². The summed E-state index contributed by atoms with van der Waals surface area (Å²) in [6, 6.07) is 6.58. The van der Waals surface area contributed by atoms with Crippen LogP contribution in [0.1, 0.15) is 27.1 Å². The fourth-order valence-corrected chi connectivity index (χ4v) is 2.03. The molecule has 0 spiro atoms. The Morgan fingerprint density at radius 1 is 1.19 bits per heavy atom. The first-order valence-corrected chi connectivity index (χ1v) is 6.31. The monoisotopic (exact) mass is 290 g/mol. The lowest BCUT2D eigenvalue weighted by molar-refractivity contribution is -0.135. The van der Waals surface area contributed by atoms with Crippen molar-refractivity contribution in [1.82, 2.24) is 4.90 Å². The van der Waals surface area contributed by atoms with Gasteiger partial charge in [-0.25, -0.2) is 0 Å². The highest BCUT2D eigenvalue weighted by Gasteiger charge is 2.34. The number of fused-ring (bicyclic) bond motifs is 1. The van der Waals surface area contributed by atoms with Crippen LogP contribution in [0.15, 0.2) is 24.3 Å². The van der Waals surface area contributed by atoms with Gasteiger partial charge in [0.2, 0.25) is 0 Å². The molecule has 0 saturated heterocycles. The van der Waals surface area contributed by atoms with Crippen LogP contribution in [0.4, 0.5) is 0 Å². The quantitative estimate of drug-likeness (QED) is 0.438. The van der Waals surface area contributed by atoms with Crippen molar-refractivity contribution in [3.63, 3.8) is 0 Å². The highest BCUT2D eigenvalue weighted by atomic mass is 16.5. The molecule has 0 saturated carbocycles. The van der Waals surface area contributed by atoms with E-state index in [1.807, 2.05) is 0 Å². The summed E-state index contributed by atoms with van der Waals surface area (Å²) in [6.45, 7) is 0.00956. The number of carboxylic acids is 1. The molecule has 7 nitrogen and oxygen atoms in total. The van der Waals surface area contributed by atoms with Crippen LogP contribution in [-0.2, 0) is 9.53 Å². The molecule has 1 aliphatic heterocycles. The average molecular weight is 290 g/mol. The van der Waals surface area contributed by atoms with E-state index < -0.39 is 5.97 Å². The molecule has 21 heavy (non-hydrogen) atoms. The number of benzene rings is 1. The van der Waals surface area contributed by atoms with E-state index >= 15 is 0 Å². The number of rotatable bonds is 7. The van der Waals surface area contributed by atoms with Crippen LogP contribution in [0, 0.1) is 5.41 Å². The molecule has 110 valence electrons. The number of ether oxygens (including phenoxy) is 1. The molecule has 0 aliphatic carbocycles. The van der Waals surface area contributed by atoms with Gasteiger partial charge in [-0.2, -0.15) is 0 Å². The van der Waals surface area contributed by atoms with Gasteiger partial charge in [-0.3, -0.25) is 19.3 Å². The molecule has 2 amide bonds. The smallest absolute Gasteiger partial charge is 0.309 e. The topological polar surface area (TPSA) is 108 Å². The maximum absolute atomic E-state index is 12.0. The molecular formula is C14H14N2O5. The summed E-state index contributed by atoms with van der Waals surface area (Å²) in [5.41, 5.74) is 0.687. The normalized spacial score (nSPS) is 13.4. The molecule has 1 aromatic rings. The van der Waals surface area contributed by atoms with Gasteiger partial charge in [0.05, 0.1) is 37.3 Å². The summed E-state index contributed by atoms with van der Waals surface area (Å²) >= 11 is 0. The van der Waals surface area contributed by atoms with Crippen LogP contribution in [0.2, 0.25) is 0 Å². The number of amides is 2. The summed E-state index contributed by atoms with van der Waals surface area (Å²) in [7, 11) is 0. The number of hydrogen-bond acceptors (Lipinski definition) is 5. The molecule has 0 atom stereocenters. The van der Waals surface area contributed by atoms with Crippen molar-refractivity contribution in [2.24, 2.45) is 0 Å². The van der Waals surface area contributed by atoms with Crippen molar-refractivity contribution in [2.45, 2.75) is 6.42 Å². The van der Waals surface area contributed by atoms with Crippen LogP contribution in [0.5, 0.6) is 0 Å². The second-order valence-electron chi connectivity index (χ2n) is 4.53. The van der Waals surface area contributed by atoms with E-state index in [-0.39, 0.29) is 43.7 Å². The van der Waals surface area contributed by atoms with Gasteiger partial charge in [-0.15, -0.1) is 0 Å². The predicted molar refractivity (Wildman–Crippen MR) is 72.6 cm³/mol. The summed E-state index contributed by atoms with van der Waals surface area (Å²) in [4.78, 5) is 35.5. The SMILES string of the molecule is N=C(COCCN1C(=O)c2ccccc2C1=O)CC(=O)O. The zero-order chi connectivity index (χ0) is 15.4. The molecule has 7 heteroatoms. The van der Waals surface area contributed by atoms with Crippen LogP contribution in [0.3, 0.4) is 0 Å². The lowest BCUT2D eigenvalue weighted by Gasteiger charge is -2.13. The third-order valence-electron chi connectivity index (χ3n) is 2.98. The Balaban J connectivity index is 1.83. The van der Waals surface area contributed by atoms with Crippen molar-refractivity contribution in [2.75, 3.05) is 19.8 Å². The van der Waals surface area contributed by atoms with E-state index in [0.717, 1.165) is 4.90 Å². The van der Waals surface area contributed by atoms with Gasteiger partial charge < -0.3 is 15.3 Å². The molecule has 0 bridgehead atoms. The molecule has 0 aromatic heterocycles. The highest BCUT2D eigenvalue weighted by Crippen LogP contribution is 2.21. The van der Waals surface area contributed by atoms with Gasteiger partial charge in [0.15, 0.2) is 0 Å². The first-order chi connectivity index (χ1) is 10.0. The van der Waals surface area contributed by atoms with Gasteiger partial charge in [-0.05, 0) is 12.1 Å². The van der Waals surface area contributed by atoms with Crippen LogP contribution >= 0.6 is 0 Å². The summed E-state index contributed by atoms with van der Waals surface area (Å²) in [5, 5.41) is 15.8. The standard InChI is InChI=1S/C14H14N2O5/c15-9(7-12(17)18)8-21-6-5-16-13(19)10-3-1-2-4-11(10)14(16)20/h1-4,15H,5-8H2,(H,17,18). The Morgan fingerprint density at radius 3 is 2.29 bits per heavy atom. The average Bonchev–Trinajstić information content (AvgIpc) is 2.68. The van der Waals surface area contributed by atoms with Gasteiger partial charge in [0.25, 0.3) is 11.8 Å². The van der Waals surface area contributed by atoms with E-state index in [4.69, 9.17) is 15.3 Å². The number of carbonyl (C=O) groups is 3. The number of hydrogen-bond donors (Lipinski definition) is 2. The summed E-state index contributed by atoms with van der Waals surface area (Å²) in [6.07, 6.45) is -0.382. The zero-order valence-corrected chi connectivity index (χ0v) is 11.2. The third-order valence-corrected chi connectivity index (χ3v) is 2.98. The van der Waals surface area contributed by atoms with Crippen LogP contribution in [-0.4, -0.2) is 53.3 Å². The van der Waals surface area contributed by atoms with E-state index in [0.29, 0.717) is 11.1 Å². The fourth-order valence-electron chi connectivity index (χ4n) is 2.03. The number of nitrogens with zero attached hydrogens (tertiary/aromatic N) is 1. The number of nitrogens with one attached hydrogen (secondary N) is 1. The van der Waals surface area contributed by atoms with E-state index in [9.17, 15) is 14.4 Å². The minimum Gasteiger partial charge on any atom is -0.481 e. The summed E-state index contributed by atoms with van der Waals surface area (Å²) in [5.74, 6) is -1.82. The second kappa shape index (κ2) is 6.27. The lowest BCUT2D eigenvalue weighted by atomic mass is 10.1. The van der Waals surface area contributed by atoms with Gasteiger partial charge >= 0.3 is 5.97 Å². The molecule has 1 heterocycles. The van der Waals surface area contributed by atoms with Crippen molar-refractivity contribution in [3.8, 4) is 0 Å². The molecule has 0 fully saturated rings. The third kappa shape index (κ3) is 3.32. The maximum Gasteiger partial charge on any atom is 0.309 e. The number of imide groups is 1. The van der Waals surface area contributed by atoms with Gasteiger partial charge in [0.1, 0.15) is 0 Å². The molecule has 0 unspecified atom stereocenters. The first-order valence-electron chi connectivity index (χ1n) is 6.31. The predicted octanol–water partition coefficient (Wildman–Crippen LogP) is 0.794. The van der Waals surface area contributed by atoms with Gasteiger partial charge in [-0.1, -0.05) is 12.1 Å². The molecule has 1 aliphatic rings. The van der Waals surface area contributed by atoms with Gasteiger partial charge in [0, 0.05) is 5.71 Å².